The molecule has 7 aromatic rings. The largest absolute Gasteiger partial charge is 0.309 e. The first-order valence-electron chi connectivity index (χ1n) is 10.8. The lowest BCUT2D eigenvalue weighted by Gasteiger charge is -2.15. The monoisotopic (exact) mass is 427 g/mol. The van der Waals surface area contributed by atoms with Crippen LogP contribution in [0.25, 0.3) is 59.8 Å². The molecule has 1 heterocycles. The zero-order valence-electron chi connectivity index (χ0n) is 17.2. The topological polar surface area (TPSA) is 4.93 Å². The van der Waals surface area contributed by atoms with Crippen molar-refractivity contribution in [3.8, 4) is 5.69 Å². The van der Waals surface area contributed by atoms with E-state index in [0.29, 0.717) is 0 Å². The number of fused-ring (bicyclic) bond motifs is 9. The molecule has 0 N–H and O–H groups in total. The summed E-state index contributed by atoms with van der Waals surface area (Å²) in [7, 11) is 0. The van der Waals surface area contributed by atoms with E-state index in [1.807, 2.05) is 0 Å². The fraction of sp³-hybridized carbons (Fsp3) is 0. The molecule has 0 saturated carbocycles. The lowest BCUT2D eigenvalue weighted by atomic mass is 9.94. The van der Waals surface area contributed by atoms with Crippen LogP contribution in [0.15, 0.2) is 109 Å². The molecule has 0 spiro atoms. The van der Waals surface area contributed by atoms with Crippen molar-refractivity contribution in [3.05, 3.63) is 114 Å². The van der Waals surface area contributed by atoms with Crippen LogP contribution in [0.4, 0.5) is 0 Å². The van der Waals surface area contributed by atoms with Crippen molar-refractivity contribution in [2.24, 2.45) is 0 Å². The number of rotatable bonds is 1. The van der Waals surface area contributed by atoms with Gasteiger partial charge in [-0.25, -0.2) is 0 Å². The number of aromatic nitrogens is 1. The first-order chi connectivity index (χ1) is 15.8. The molecule has 0 atom stereocenters. The van der Waals surface area contributed by atoms with E-state index in [4.69, 9.17) is 11.6 Å². The molecule has 0 fully saturated rings. The summed E-state index contributed by atoms with van der Waals surface area (Å²) in [5.41, 5.74) is 3.46. The summed E-state index contributed by atoms with van der Waals surface area (Å²) in [6.45, 7) is 0. The third-order valence-corrected chi connectivity index (χ3v) is 6.92. The van der Waals surface area contributed by atoms with Crippen molar-refractivity contribution >= 4 is 65.7 Å². The molecule has 6 aromatic carbocycles. The van der Waals surface area contributed by atoms with Crippen molar-refractivity contribution in [1.29, 1.82) is 0 Å². The van der Waals surface area contributed by atoms with Crippen molar-refractivity contribution in [3.63, 3.8) is 0 Å². The van der Waals surface area contributed by atoms with E-state index in [0.717, 1.165) is 16.1 Å². The Labute approximate surface area is 190 Å². The Morgan fingerprint density at radius 1 is 0.438 bits per heavy atom. The van der Waals surface area contributed by atoms with Crippen molar-refractivity contribution in [2.75, 3.05) is 0 Å². The maximum atomic E-state index is 7.05. The van der Waals surface area contributed by atoms with Gasteiger partial charge >= 0.3 is 0 Å². The van der Waals surface area contributed by atoms with Gasteiger partial charge in [0.05, 0.1) is 16.1 Å². The van der Waals surface area contributed by atoms with Crippen LogP contribution >= 0.6 is 11.6 Å². The SMILES string of the molecule is Clc1cc(-n2c3ccccc3c3ccccc32)cc2c3ccccc3c3ccccc3c12. The minimum atomic E-state index is 0.779. The van der Waals surface area contributed by atoms with E-state index in [2.05, 4.69) is 114 Å². The smallest absolute Gasteiger partial charge is 0.0541 e. The quantitative estimate of drug-likeness (QED) is 0.230. The van der Waals surface area contributed by atoms with Crippen LogP contribution in [0.5, 0.6) is 0 Å². The van der Waals surface area contributed by atoms with Gasteiger partial charge in [-0.3, -0.25) is 0 Å². The molecule has 0 unspecified atom stereocenters. The molecule has 32 heavy (non-hydrogen) atoms. The Hall–Kier alpha value is -3.81. The average Bonchev–Trinajstić information content (AvgIpc) is 3.18. The van der Waals surface area contributed by atoms with Crippen LogP contribution < -0.4 is 0 Å². The fourth-order valence-corrected chi connectivity index (χ4v) is 5.61. The van der Waals surface area contributed by atoms with Crippen molar-refractivity contribution < 1.29 is 0 Å². The van der Waals surface area contributed by atoms with E-state index in [9.17, 15) is 0 Å². The van der Waals surface area contributed by atoms with Crippen LogP contribution in [0, 0.1) is 0 Å². The molecule has 0 aliphatic rings. The standard InChI is InChI=1S/C30H18ClN/c31-27-18-19(32-28-15-7-5-12-23(28)24-13-6-8-16-29(24)32)17-26-22-11-2-1-9-20(22)21-10-3-4-14-25(21)30(26)27/h1-18H. The normalized spacial score (nSPS) is 11.9. The van der Waals surface area contributed by atoms with E-state index in [-0.39, 0.29) is 0 Å². The Balaban J connectivity index is 1.69. The highest BCUT2D eigenvalue weighted by Crippen LogP contribution is 2.41. The summed E-state index contributed by atoms with van der Waals surface area (Å²) < 4.78 is 2.33. The molecule has 0 amide bonds. The van der Waals surface area contributed by atoms with Gasteiger partial charge in [-0.2, -0.15) is 0 Å². The molecule has 2 heteroatoms. The molecule has 0 aliphatic heterocycles. The predicted octanol–water partition coefficient (Wildman–Crippen LogP) is 8.90. The highest BCUT2D eigenvalue weighted by atomic mass is 35.5. The number of halogens is 1. The van der Waals surface area contributed by atoms with Crippen LogP contribution in [0.2, 0.25) is 5.02 Å². The Morgan fingerprint density at radius 2 is 0.875 bits per heavy atom. The average molecular weight is 428 g/mol. The molecular formula is C30H18ClN. The van der Waals surface area contributed by atoms with Crippen LogP contribution in [0.3, 0.4) is 0 Å². The summed E-state index contributed by atoms with van der Waals surface area (Å²) in [6.07, 6.45) is 0. The third-order valence-electron chi connectivity index (χ3n) is 6.62. The molecule has 0 saturated heterocycles. The molecule has 0 aliphatic carbocycles. The summed E-state index contributed by atoms with van der Waals surface area (Å²) in [5, 5.41) is 10.5. The minimum Gasteiger partial charge on any atom is -0.309 e. The first kappa shape index (κ1) is 17.8. The number of hydrogen-bond donors (Lipinski definition) is 0. The molecule has 0 bridgehead atoms. The molecular weight excluding hydrogens is 410 g/mol. The maximum Gasteiger partial charge on any atom is 0.0541 e. The molecule has 1 aromatic heterocycles. The second kappa shape index (κ2) is 6.59. The van der Waals surface area contributed by atoms with Gasteiger partial charge in [0, 0.05) is 21.8 Å². The van der Waals surface area contributed by atoms with Crippen molar-refractivity contribution in [1.82, 2.24) is 4.57 Å². The van der Waals surface area contributed by atoms with E-state index >= 15 is 0 Å². The number of nitrogens with zero attached hydrogens (tertiary/aromatic N) is 1. The van der Waals surface area contributed by atoms with Crippen LogP contribution in [0.1, 0.15) is 0 Å². The molecule has 150 valence electrons. The Kier molecular flexibility index (Phi) is 3.67. The fourth-order valence-electron chi connectivity index (χ4n) is 5.30. The second-order valence-corrected chi connectivity index (χ2v) is 8.72. The van der Waals surface area contributed by atoms with Gasteiger partial charge in [-0.05, 0) is 51.2 Å². The van der Waals surface area contributed by atoms with E-state index in [1.165, 1.54) is 48.7 Å². The second-order valence-electron chi connectivity index (χ2n) is 8.31. The first-order valence-corrected chi connectivity index (χ1v) is 11.2. The van der Waals surface area contributed by atoms with Gasteiger partial charge in [0.1, 0.15) is 0 Å². The molecule has 1 nitrogen and oxygen atoms in total. The lowest BCUT2D eigenvalue weighted by Crippen LogP contribution is -1.95. The summed E-state index contributed by atoms with van der Waals surface area (Å²) >= 11 is 7.05. The van der Waals surface area contributed by atoms with Gasteiger partial charge in [0.2, 0.25) is 0 Å². The number of benzene rings is 6. The Bertz CT molecular complexity index is 1790. The zero-order valence-corrected chi connectivity index (χ0v) is 18.0. The molecule has 0 radical (unpaired) electrons. The Morgan fingerprint density at radius 3 is 1.47 bits per heavy atom. The van der Waals surface area contributed by atoms with Crippen molar-refractivity contribution in [2.45, 2.75) is 0 Å². The summed E-state index contributed by atoms with van der Waals surface area (Å²) in [4.78, 5) is 0. The van der Waals surface area contributed by atoms with Crippen LogP contribution in [-0.4, -0.2) is 4.57 Å². The number of hydrogen-bond acceptors (Lipinski definition) is 0. The summed E-state index contributed by atoms with van der Waals surface area (Å²) in [6, 6.07) is 38.8. The summed E-state index contributed by atoms with van der Waals surface area (Å²) in [5.74, 6) is 0. The lowest BCUT2D eigenvalue weighted by molar-refractivity contribution is 1.19. The highest BCUT2D eigenvalue weighted by Gasteiger charge is 2.16. The zero-order chi connectivity index (χ0) is 21.2. The number of para-hydroxylation sites is 2. The maximum absolute atomic E-state index is 7.05. The van der Waals surface area contributed by atoms with Gasteiger partial charge in [-0.1, -0.05) is 96.5 Å². The van der Waals surface area contributed by atoms with Gasteiger partial charge in [0.15, 0.2) is 0 Å². The molecule has 7 rings (SSSR count). The van der Waals surface area contributed by atoms with Gasteiger partial charge in [-0.15, -0.1) is 0 Å². The van der Waals surface area contributed by atoms with E-state index in [1.54, 1.807) is 0 Å². The van der Waals surface area contributed by atoms with Gasteiger partial charge < -0.3 is 4.57 Å². The third kappa shape index (κ3) is 2.34. The van der Waals surface area contributed by atoms with E-state index < -0.39 is 0 Å². The predicted molar refractivity (Wildman–Crippen MR) is 138 cm³/mol. The van der Waals surface area contributed by atoms with Gasteiger partial charge in [0.25, 0.3) is 0 Å². The minimum absolute atomic E-state index is 0.779. The highest BCUT2D eigenvalue weighted by molar-refractivity contribution is 6.41. The van der Waals surface area contributed by atoms with Crippen LogP contribution in [-0.2, 0) is 0 Å².